The summed E-state index contributed by atoms with van der Waals surface area (Å²) in [5, 5.41) is 5.26. The quantitative estimate of drug-likeness (QED) is 0.315. The predicted octanol–water partition coefficient (Wildman–Crippen LogP) is 7.02. The van der Waals surface area contributed by atoms with Gasteiger partial charge in [-0.3, -0.25) is 0 Å². The van der Waals surface area contributed by atoms with Crippen molar-refractivity contribution in [3.63, 3.8) is 0 Å². The van der Waals surface area contributed by atoms with E-state index < -0.39 is 0 Å². The molecule has 128 valence electrons. The first kappa shape index (κ1) is 17.1. The molecule has 0 aliphatic heterocycles. The molecular formula is C23H26N2. The van der Waals surface area contributed by atoms with Crippen LogP contribution in [0.15, 0.2) is 60.7 Å². The molecule has 2 heterocycles. The average molecular weight is 330 g/mol. The number of nitrogens with zero attached hydrogens (tertiary/aromatic N) is 1. The Morgan fingerprint density at radius 2 is 1.28 bits per heavy atom. The van der Waals surface area contributed by atoms with Crippen LogP contribution in [0.1, 0.15) is 27.7 Å². The van der Waals surface area contributed by atoms with E-state index in [1.807, 2.05) is 27.7 Å². The summed E-state index contributed by atoms with van der Waals surface area (Å²) in [5.74, 6) is 0. The van der Waals surface area contributed by atoms with Crippen LogP contribution in [0.25, 0.3) is 43.6 Å². The van der Waals surface area contributed by atoms with Gasteiger partial charge >= 0.3 is 0 Å². The van der Waals surface area contributed by atoms with Gasteiger partial charge in [0.2, 0.25) is 0 Å². The lowest BCUT2D eigenvalue weighted by atomic mass is 10.1. The molecule has 2 nitrogen and oxygen atoms in total. The van der Waals surface area contributed by atoms with Gasteiger partial charge in [-0.1, -0.05) is 70.2 Å². The number of nitrogens with one attached hydrogen (secondary N) is 1. The molecule has 0 spiro atoms. The summed E-state index contributed by atoms with van der Waals surface area (Å²) in [6, 6.07) is 21.6. The number of aromatic amines is 1. The van der Waals surface area contributed by atoms with E-state index in [9.17, 15) is 0 Å². The molecule has 1 N–H and O–H groups in total. The van der Waals surface area contributed by atoms with Crippen LogP contribution in [-0.4, -0.2) is 9.55 Å². The first-order valence-corrected chi connectivity index (χ1v) is 9.21. The highest BCUT2D eigenvalue weighted by Crippen LogP contribution is 2.36. The first-order chi connectivity index (χ1) is 12.3. The summed E-state index contributed by atoms with van der Waals surface area (Å²) in [6.45, 7) is 8.00. The van der Waals surface area contributed by atoms with Crippen LogP contribution in [-0.2, 0) is 7.05 Å². The summed E-state index contributed by atoms with van der Waals surface area (Å²) in [5.41, 5.74) is 5.00. The number of para-hydroxylation sites is 2. The van der Waals surface area contributed by atoms with Crippen LogP contribution >= 0.6 is 0 Å². The molecule has 0 fully saturated rings. The number of fused-ring (bicyclic) bond motifs is 7. The smallest absolute Gasteiger partial charge is 0.0590 e. The molecule has 0 unspecified atom stereocenters. The van der Waals surface area contributed by atoms with Gasteiger partial charge < -0.3 is 9.55 Å². The Hall–Kier alpha value is -2.74. The maximum Gasteiger partial charge on any atom is 0.0590 e. The normalized spacial score (nSPS) is 10.6. The van der Waals surface area contributed by atoms with E-state index in [2.05, 4.69) is 77.3 Å². The highest BCUT2D eigenvalue weighted by molar-refractivity contribution is 6.24. The maximum absolute atomic E-state index is 3.53. The van der Waals surface area contributed by atoms with E-state index in [-0.39, 0.29) is 0 Å². The van der Waals surface area contributed by atoms with Gasteiger partial charge in [-0.05, 0) is 18.2 Å². The van der Waals surface area contributed by atoms with Crippen LogP contribution in [0, 0.1) is 0 Å². The highest BCUT2D eigenvalue weighted by atomic mass is 14.9. The number of hydrogen-bond acceptors (Lipinski definition) is 0. The monoisotopic (exact) mass is 330 g/mol. The largest absolute Gasteiger partial charge is 0.354 e. The molecule has 0 aliphatic rings. The van der Waals surface area contributed by atoms with Crippen molar-refractivity contribution in [3.8, 4) is 0 Å². The molecular weight excluding hydrogens is 304 g/mol. The Morgan fingerprint density at radius 3 is 2.04 bits per heavy atom. The lowest BCUT2D eigenvalue weighted by Gasteiger charge is -2.00. The second-order valence-corrected chi connectivity index (χ2v) is 5.63. The first-order valence-electron chi connectivity index (χ1n) is 9.21. The second kappa shape index (κ2) is 7.02. The zero-order valence-corrected chi connectivity index (χ0v) is 15.7. The molecule has 5 rings (SSSR count). The summed E-state index contributed by atoms with van der Waals surface area (Å²) < 4.78 is 2.31. The van der Waals surface area contributed by atoms with Crippen molar-refractivity contribution in [2.45, 2.75) is 27.7 Å². The molecule has 0 atom stereocenters. The summed E-state index contributed by atoms with van der Waals surface area (Å²) >= 11 is 0. The molecule has 0 saturated carbocycles. The van der Waals surface area contributed by atoms with Crippen LogP contribution < -0.4 is 0 Å². The van der Waals surface area contributed by atoms with Gasteiger partial charge in [0.25, 0.3) is 0 Å². The Morgan fingerprint density at radius 1 is 0.640 bits per heavy atom. The third-order valence-corrected chi connectivity index (χ3v) is 4.53. The molecule has 5 aromatic rings. The van der Waals surface area contributed by atoms with Gasteiger partial charge in [0.15, 0.2) is 0 Å². The third kappa shape index (κ3) is 2.49. The van der Waals surface area contributed by atoms with Gasteiger partial charge in [0.1, 0.15) is 0 Å². The Kier molecular flexibility index (Phi) is 4.80. The minimum Gasteiger partial charge on any atom is -0.354 e. The predicted molar refractivity (Wildman–Crippen MR) is 112 cm³/mol. The van der Waals surface area contributed by atoms with Gasteiger partial charge in [-0.25, -0.2) is 0 Å². The molecule has 2 heteroatoms. The molecule has 0 bridgehead atoms. The standard InChI is InChI=1S/C19H14N2.2C2H6/c1-21-17-9-5-3-6-12(17)13-10-11-16-18(19(13)21)14-7-2-4-8-15(14)20-16;2*1-2/h2-11,20H,1H3;2*1-2H3. The van der Waals surface area contributed by atoms with E-state index in [4.69, 9.17) is 0 Å². The molecule has 0 radical (unpaired) electrons. The topological polar surface area (TPSA) is 20.7 Å². The number of aryl methyl sites for hydroxylation is 1. The lowest BCUT2D eigenvalue weighted by Crippen LogP contribution is -1.86. The molecule has 2 aromatic heterocycles. The fraction of sp³-hybridized carbons (Fsp3) is 0.217. The number of H-pyrrole nitrogens is 1. The van der Waals surface area contributed by atoms with Gasteiger partial charge in [-0.15, -0.1) is 0 Å². The fourth-order valence-electron chi connectivity index (χ4n) is 3.60. The van der Waals surface area contributed by atoms with Crippen LogP contribution in [0.2, 0.25) is 0 Å². The zero-order chi connectivity index (χ0) is 18.0. The molecule has 0 saturated heterocycles. The lowest BCUT2D eigenvalue weighted by molar-refractivity contribution is 1.02. The molecule has 25 heavy (non-hydrogen) atoms. The van der Waals surface area contributed by atoms with Crippen molar-refractivity contribution in [3.05, 3.63) is 60.7 Å². The van der Waals surface area contributed by atoms with Crippen LogP contribution in [0.4, 0.5) is 0 Å². The molecule has 3 aromatic carbocycles. The third-order valence-electron chi connectivity index (χ3n) is 4.53. The Bertz CT molecular complexity index is 1140. The van der Waals surface area contributed by atoms with E-state index >= 15 is 0 Å². The average Bonchev–Trinajstić information content (AvgIpc) is 3.21. The fourth-order valence-corrected chi connectivity index (χ4v) is 3.60. The Balaban J connectivity index is 0.000000428. The minimum atomic E-state index is 1.20. The van der Waals surface area contributed by atoms with E-state index in [0.29, 0.717) is 0 Å². The summed E-state index contributed by atoms with van der Waals surface area (Å²) in [6.07, 6.45) is 0. The van der Waals surface area contributed by atoms with E-state index in [1.165, 1.54) is 43.6 Å². The summed E-state index contributed by atoms with van der Waals surface area (Å²) in [4.78, 5) is 3.53. The van der Waals surface area contributed by atoms with Crippen molar-refractivity contribution in [1.82, 2.24) is 9.55 Å². The number of aromatic nitrogens is 2. The van der Waals surface area contributed by atoms with Gasteiger partial charge in [0.05, 0.1) is 5.52 Å². The molecule has 0 aliphatic carbocycles. The Labute approximate surface area is 149 Å². The number of hydrogen-bond donors (Lipinski definition) is 1. The highest BCUT2D eigenvalue weighted by Gasteiger charge is 2.13. The van der Waals surface area contributed by atoms with Crippen molar-refractivity contribution >= 4 is 43.6 Å². The van der Waals surface area contributed by atoms with Crippen molar-refractivity contribution in [1.29, 1.82) is 0 Å². The molecule has 0 amide bonds. The van der Waals surface area contributed by atoms with E-state index in [1.54, 1.807) is 0 Å². The second-order valence-electron chi connectivity index (χ2n) is 5.63. The van der Waals surface area contributed by atoms with Crippen molar-refractivity contribution < 1.29 is 0 Å². The van der Waals surface area contributed by atoms with Crippen molar-refractivity contribution in [2.24, 2.45) is 7.05 Å². The van der Waals surface area contributed by atoms with Gasteiger partial charge in [0, 0.05) is 45.1 Å². The van der Waals surface area contributed by atoms with Crippen molar-refractivity contribution in [2.75, 3.05) is 0 Å². The van der Waals surface area contributed by atoms with Crippen LogP contribution in [0.3, 0.4) is 0 Å². The minimum absolute atomic E-state index is 1.20. The van der Waals surface area contributed by atoms with Crippen LogP contribution in [0.5, 0.6) is 0 Å². The maximum atomic E-state index is 3.53. The number of benzene rings is 3. The zero-order valence-electron chi connectivity index (χ0n) is 15.7. The van der Waals surface area contributed by atoms with Gasteiger partial charge in [-0.2, -0.15) is 0 Å². The summed E-state index contributed by atoms with van der Waals surface area (Å²) in [7, 11) is 2.16. The van der Waals surface area contributed by atoms with E-state index in [0.717, 1.165) is 0 Å². The number of rotatable bonds is 0. The SMILES string of the molecule is CC.CC.Cn1c2ccccc2c2ccc3[nH]c4ccccc4c3c21.